The molecule has 0 unspecified atom stereocenters. The molecule has 0 radical (unpaired) electrons. The summed E-state index contributed by atoms with van der Waals surface area (Å²) in [6, 6.07) is 18.5. The lowest BCUT2D eigenvalue weighted by molar-refractivity contribution is 0.414. The average Bonchev–Trinajstić information content (AvgIpc) is 2.45. The first-order valence-corrected chi connectivity index (χ1v) is 6.89. The lowest BCUT2D eigenvalue weighted by Gasteiger charge is -2.01. The molecule has 0 aromatic heterocycles. The van der Waals surface area contributed by atoms with Gasteiger partial charge in [0.2, 0.25) is 0 Å². The summed E-state index contributed by atoms with van der Waals surface area (Å²) >= 11 is 1.79. The molecule has 0 aliphatic carbocycles. The van der Waals surface area contributed by atoms with Crippen molar-refractivity contribution in [2.45, 2.75) is 5.75 Å². The highest BCUT2D eigenvalue weighted by Crippen LogP contribution is 2.18. The maximum atomic E-state index is 5.13. The van der Waals surface area contributed by atoms with Gasteiger partial charge in [-0.2, -0.15) is 0 Å². The Labute approximate surface area is 112 Å². The molecule has 0 N–H and O–H groups in total. The quantitative estimate of drug-likeness (QED) is 0.773. The van der Waals surface area contributed by atoms with E-state index in [9.17, 15) is 0 Å². The Hall–Kier alpha value is -1.67. The first-order chi connectivity index (χ1) is 8.88. The van der Waals surface area contributed by atoms with Crippen LogP contribution in [0.15, 0.2) is 60.0 Å². The van der Waals surface area contributed by atoms with Crippen molar-refractivity contribution in [1.29, 1.82) is 0 Å². The van der Waals surface area contributed by atoms with Crippen LogP contribution in [0, 0.1) is 0 Å². The van der Waals surface area contributed by atoms with Crippen LogP contribution in [0.4, 0.5) is 0 Å². The van der Waals surface area contributed by atoms with E-state index in [1.165, 1.54) is 11.1 Å². The van der Waals surface area contributed by atoms with Gasteiger partial charge in [-0.3, -0.25) is 0 Å². The number of hydrogen-bond acceptors (Lipinski definition) is 2. The monoisotopic (exact) mass is 256 g/mol. The summed E-state index contributed by atoms with van der Waals surface area (Å²) in [5, 5.41) is 2.14. The summed E-state index contributed by atoms with van der Waals surface area (Å²) in [5.74, 6) is 1.89. The van der Waals surface area contributed by atoms with Crippen LogP contribution in [-0.4, -0.2) is 7.11 Å². The van der Waals surface area contributed by atoms with Crippen LogP contribution in [0.25, 0.3) is 6.08 Å². The summed E-state index contributed by atoms with van der Waals surface area (Å²) < 4.78 is 5.13. The third-order valence-corrected chi connectivity index (χ3v) is 3.39. The molecule has 0 aliphatic heterocycles. The zero-order chi connectivity index (χ0) is 12.6. The van der Waals surface area contributed by atoms with E-state index in [1.807, 2.05) is 30.3 Å². The Balaban J connectivity index is 1.83. The Bertz CT molecular complexity index is 488. The fourth-order valence-corrected chi connectivity index (χ4v) is 2.29. The molecule has 0 amide bonds. The second-order valence-electron chi connectivity index (χ2n) is 3.87. The first-order valence-electron chi connectivity index (χ1n) is 5.84. The highest BCUT2D eigenvalue weighted by molar-refractivity contribution is 8.01. The highest BCUT2D eigenvalue weighted by atomic mass is 32.2. The van der Waals surface area contributed by atoms with E-state index in [0.29, 0.717) is 0 Å². The Kier molecular flexibility index (Phi) is 4.91. The maximum absolute atomic E-state index is 5.13. The molecule has 2 aromatic rings. The molecule has 18 heavy (non-hydrogen) atoms. The molecule has 0 spiro atoms. The second kappa shape index (κ2) is 6.92. The van der Waals surface area contributed by atoms with E-state index in [0.717, 1.165) is 11.5 Å². The van der Waals surface area contributed by atoms with Crippen molar-refractivity contribution < 1.29 is 4.74 Å². The molecule has 0 heterocycles. The number of hydrogen-bond donors (Lipinski definition) is 0. The van der Waals surface area contributed by atoms with Crippen molar-refractivity contribution in [3.63, 3.8) is 0 Å². The van der Waals surface area contributed by atoms with Crippen LogP contribution in [0.1, 0.15) is 11.1 Å². The molecule has 1 nitrogen and oxygen atoms in total. The van der Waals surface area contributed by atoms with E-state index < -0.39 is 0 Å². The van der Waals surface area contributed by atoms with Gasteiger partial charge < -0.3 is 4.74 Å². The minimum absolute atomic E-state index is 0.906. The number of rotatable bonds is 5. The molecule has 0 fully saturated rings. The molecule has 0 saturated carbocycles. The van der Waals surface area contributed by atoms with Gasteiger partial charge in [0.1, 0.15) is 5.75 Å². The highest BCUT2D eigenvalue weighted by Gasteiger charge is 1.93. The van der Waals surface area contributed by atoms with Gasteiger partial charge in [-0.15, -0.1) is 11.8 Å². The van der Waals surface area contributed by atoms with Gasteiger partial charge in [-0.05, 0) is 34.7 Å². The zero-order valence-corrected chi connectivity index (χ0v) is 11.2. The lowest BCUT2D eigenvalue weighted by Crippen LogP contribution is -1.83. The molecule has 0 saturated heterocycles. The predicted molar refractivity (Wildman–Crippen MR) is 79.8 cm³/mol. The number of benzene rings is 2. The largest absolute Gasteiger partial charge is 0.497 e. The summed E-state index contributed by atoms with van der Waals surface area (Å²) in [4.78, 5) is 0. The summed E-state index contributed by atoms with van der Waals surface area (Å²) in [7, 11) is 1.69. The minimum atomic E-state index is 0.906. The number of methoxy groups -OCH3 is 1. The van der Waals surface area contributed by atoms with E-state index in [-0.39, 0.29) is 0 Å². The van der Waals surface area contributed by atoms with Crippen LogP contribution in [-0.2, 0) is 5.75 Å². The minimum Gasteiger partial charge on any atom is -0.497 e. The fraction of sp³-hybridized carbons (Fsp3) is 0.125. The third-order valence-electron chi connectivity index (χ3n) is 2.57. The van der Waals surface area contributed by atoms with Crippen molar-refractivity contribution in [1.82, 2.24) is 0 Å². The van der Waals surface area contributed by atoms with E-state index >= 15 is 0 Å². The molecule has 0 aliphatic rings. The van der Waals surface area contributed by atoms with Crippen molar-refractivity contribution in [2.24, 2.45) is 0 Å². The van der Waals surface area contributed by atoms with Crippen molar-refractivity contribution in [2.75, 3.05) is 7.11 Å². The van der Waals surface area contributed by atoms with Crippen molar-refractivity contribution in [3.05, 3.63) is 71.1 Å². The molecule has 2 rings (SSSR count). The van der Waals surface area contributed by atoms with Crippen molar-refractivity contribution in [3.8, 4) is 5.75 Å². The van der Waals surface area contributed by atoms with Crippen LogP contribution >= 0.6 is 11.8 Å². The van der Waals surface area contributed by atoms with Crippen LogP contribution < -0.4 is 4.74 Å². The van der Waals surface area contributed by atoms with Gasteiger partial charge in [0.15, 0.2) is 0 Å². The summed E-state index contributed by atoms with van der Waals surface area (Å²) in [6.07, 6.45) is 2.13. The van der Waals surface area contributed by atoms with Crippen molar-refractivity contribution >= 4 is 17.8 Å². The lowest BCUT2D eigenvalue weighted by atomic mass is 10.2. The first kappa shape index (κ1) is 12.8. The molecule has 0 bridgehead atoms. The van der Waals surface area contributed by atoms with E-state index in [2.05, 4.69) is 35.7 Å². The van der Waals surface area contributed by atoms with Gasteiger partial charge >= 0.3 is 0 Å². The molecule has 92 valence electrons. The van der Waals surface area contributed by atoms with Gasteiger partial charge in [0, 0.05) is 5.75 Å². The predicted octanol–water partition coefficient (Wildman–Crippen LogP) is 4.60. The van der Waals surface area contributed by atoms with Gasteiger partial charge in [0.05, 0.1) is 7.11 Å². The standard InChI is InChI=1S/C16H16OS/c1-17-16-9-7-15(8-10-16)13-18-12-11-14-5-3-2-4-6-14/h2-12H,13H2,1H3/b12-11+. The maximum Gasteiger partial charge on any atom is 0.118 e. The second-order valence-corrected chi connectivity index (χ2v) is 4.77. The van der Waals surface area contributed by atoms with Gasteiger partial charge in [0.25, 0.3) is 0 Å². The zero-order valence-electron chi connectivity index (χ0n) is 10.4. The van der Waals surface area contributed by atoms with Gasteiger partial charge in [-0.1, -0.05) is 42.5 Å². The SMILES string of the molecule is COc1ccc(CS/C=C/c2ccccc2)cc1. The Morgan fingerprint density at radius 1 is 1.00 bits per heavy atom. The molecule has 2 aromatic carbocycles. The molecular formula is C16H16OS. The Morgan fingerprint density at radius 3 is 2.39 bits per heavy atom. The van der Waals surface area contributed by atoms with Crippen LogP contribution in [0.3, 0.4) is 0 Å². The molecule has 2 heteroatoms. The average molecular weight is 256 g/mol. The van der Waals surface area contributed by atoms with Crippen LogP contribution in [0.5, 0.6) is 5.75 Å². The number of ether oxygens (including phenoxy) is 1. The van der Waals surface area contributed by atoms with Gasteiger partial charge in [-0.25, -0.2) is 0 Å². The topological polar surface area (TPSA) is 9.23 Å². The molecule has 0 atom stereocenters. The number of thioether (sulfide) groups is 1. The smallest absolute Gasteiger partial charge is 0.118 e. The fourth-order valence-electron chi connectivity index (χ4n) is 1.56. The van der Waals surface area contributed by atoms with E-state index in [1.54, 1.807) is 18.9 Å². The normalized spacial score (nSPS) is 10.7. The Morgan fingerprint density at radius 2 is 1.72 bits per heavy atom. The third kappa shape index (κ3) is 3.97. The summed E-state index contributed by atoms with van der Waals surface area (Å²) in [6.45, 7) is 0. The van der Waals surface area contributed by atoms with E-state index in [4.69, 9.17) is 4.74 Å². The molecular weight excluding hydrogens is 240 g/mol. The summed E-state index contributed by atoms with van der Waals surface area (Å²) in [5.41, 5.74) is 2.54. The van der Waals surface area contributed by atoms with Crippen LogP contribution in [0.2, 0.25) is 0 Å².